The molecule has 1 aliphatic heterocycles. The van der Waals surface area contributed by atoms with Crippen LogP contribution in [-0.2, 0) is 16.1 Å². The predicted octanol–water partition coefficient (Wildman–Crippen LogP) is 5.08. The van der Waals surface area contributed by atoms with E-state index in [-0.39, 0.29) is 0 Å². The van der Waals surface area contributed by atoms with Gasteiger partial charge in [-0.1, -0.05) is 54.6 Å². The zero-order valence-corrected chi connectivity index (χ0v) is 19.5. The van der Waals surface area contributed by atoms with E-state index in [1.165, 1.54) is 7.11 Å². The molecule has 0 amide bonds. The molecule has 1 N–H and O–H groups in total. The summed E-state index contributed by atoms with van der Waals surface area (Å²) in [6.07, 6.45) is 0. The predicted molar refractivity (Wildman–Crippen MR) is 125 cm³/mol. The Bertz CT molecular complexity index is 1160. The molecule has 3 aromatic rings. The Kier molecular flexibility index (Phi) is 6.72. The van der Waals surface area contributed by atoms with Gasteiger partial charge in [-0.2, -0.15) is 4.98 Å². The highest BCUT2D eigenvalue weighted by Gasteiger charge is 2.35. The van der Waals surface area contributed by atoms with Crippen molar-refractivity contribution in [3.8, 4) is 5.75 Å². The number of aromatic nitrogens is 3. The van der Waals surface area contributed by atoms with Crippen LogP contribution in [0.5, 0.6) is 5.75 Å². The Labute approximate surface area is 195 Å². The van der Waals surface area contributed by atoms with Gasteiger partial charge in [0, 0.05) is 10.7 Å². The van der Waals surface area contributed by atoms with Crippen LogP contribution in [-0.4, -0.2) is 33.6 Å². The summed E-state index contributed by atoms with van der Waals surface area (Å²) in [7, 11) is 1.38. The van der Waals surface area contributed by atoms with Gasteiger partial charge < -0.3 is 14.8 Å². The second kappa shape index (κ2) is 9.67. The number of methoxy groups -OCH3 is 1. The van der Waals surface area contributed by atoms with Crippen molar-refractivity contribution in [2.75, 3.05) is 18.2 Å². The summed E-state index contributed by atoms with van der Waals surface area (Å²) in [5.41, 5.74) is 3.02. The van der Waals surface area contributed by atoms with E-state index in [0.717, 1.165) is 16.9 Å². The number of carbonyl (C=O) groups is 1. The maximum absolute atomic E-state index is 12.7. The molecule has 0 saturated carbocycles. The summed E-state index contributed by atoms with van der Waals surface area (Å²) >= 11 is 7.50. The number of rotatable bonds is 7. The van der Waals surface area contributed by atoms with E-state index in [4.69, 9.17) is 21.1 Å². The molecule has 1 atom stereocenters. The number of nitrogens with one attached hydrogen (secondary N) is 1. The summed E-state index contributed by atoms with van der Waals surface area (Å²) in [6.45, 7) is 4.28. The highest BCUT2D eigenvalue weighted by atomic mass is 35.5. The molecule has 0 saturated heterocycles. The minimum atomic E-state index is -0.489. The van der Waals surface area contributed by atoms with Crippen molar-refractivity contribution >= 4 is 35.3 Å². The molecular weight excluding hydrogens is 448 g/mol. The van der Waals surface area contributed by atoms with Crippen LogP contribution in [0.25, 0.3) is 0 Å². The topological polar surface area (TPSA) is 78.3 Å². The third-order valence-electron chi connectivity index (χ3n) is 5.00. The lowest BCUT2D eigenvalue weighted by Crippen LogP contribution is -2.29. The molecule has 7 nitrogen and oxygen atoms in total. The van der Waals surface area contributed by atoms with Gasteiger partial charge in [-0.05, 0) is 48.1 Å². The van der Waals surface area contributed by atoms with E-state index < -0.39 is 12.0 Å². The number of benzene rings is 2. The lowest BCUT2D eigenvalue weighted by molar-refractivity contribution is -0.136. The van der Waals surface area contributed by atoms with Crippen LogP contribution in [0.4, 0.5) is 5.95 Å². The molecule has 0 spiro atoms. The van der Waals surface area contributed by atoms with E-state index >= 15 is 0 Å². The molecule has 0 aliphatic carbocycles. The van der Waals surface area contributed by atoms with Crippen molar-refractivity contribution in [3.63, 3.8) is 0 Å². The Morgan fingerprint density at radius 1 is 1.25 bits per heavy atom. The fourth-order valence-electron chi connectivity index (χ4n) is 3.53. The third-order valence-corrected chi connectivity index (χ3v) is 5.98. The van der Waals surface area contributed by atoms with Crippen molar-refractivity contribution in [2.45, 2.75) is 31.7 Å². The van der Waals surface area contributed by atoms with Gasteiger partial charge in [0.25, 0.3) is 0 Å². The van der Waals surface area contributed by atoms with Gasteiger partial charge in [-0.25, -0.2) is 9.48 Å². The number of ether oxygens (including phenoxy) is 2. The maximum atomic E-state index is 12.7. The standard InChI is InChI=1S/C23H23ClN4O3S/c1-4-32-23-26-22-25-14(2)19(21(29)30-3)20(28(22)27-23)16-6-5-7-18(12-16)31-13-15-8-10-17(24)11-9-15/h5-12,20H,4,13H2,1-3H3,(H,25,26,27). The van der Waals surface area contributed by atoms with Crippen LogP contribution in [0, 0.1) is 0 Å². The zero-order chi connectivity index (χ0) is 22.7. The Morgan fingerprint density at radius 2 is 2.03 bits per heavy atom. The second-order valence-electron chi connectivity index (χ2n) is 7.14. The molecule has 1 aromatic heterocycles. The molecule has 0 radical (unpaired) electrons. The van der Waals surface area contributed by atoms with Gasteiger partial charge in [0.05, 0.1) is 12.7 Å². The van der Waals surface area contributed by atoms with E-state index in [0.29, 0.717) is 39.8 Å². The highest BCUT2D eigenvalue weighted by Crippen LogP contribution is 2.37. The lowest BCUT2D eigenvalue weighted by atomic mass is 9.95. The summed E-state index contributed by atoms with van der Waals surface area (Å²) in [4.78, 5) is 17.3. The Hall–Kier alpha value is -2.97. The molecule has 4 rings (SSSR count). The van der Waals surface area contributed by atoms with Crippen molar-refractivity contribution in [1.29, 1.82) is 0 Å². The number of thioether (sulfide) groups is 1. The van der Waals surface area contributed by atoms with Crippen LogP contribution >= 0.6 is 23.4 Å². The van der Waals surface area contributed by atoms with E-state index in [9.17, 15) is 4.79 Å². The molecule has 0 bridgehead atoms. The molecule has 32 heavy (non-hydrogen) atoms. The number of allylic oxidation sites excluding steroid dienone is 1. The average molecular weight is 471 g/mol. The number of carbonyl (C=O) groups excluding carboxylic acids is 1. The molecule has 9 heteroatoms. The van der Waals surface area contributed by atoms with Gasteiger partial charge in [0.1, 0.15) is 18.4 Å². The molecule has 1 unspecified atom stereocenters. The summed E-state index contributed by atoms with van der Waals surface area (Å²) in [6, 6.07) is 14.7. The summed E-state index contributed by atoms with van der Waals surface area (Å²) < 4.78 is 12.8. The van der Waals surface area contributed by atoms with Crippen LogP contribution in [0.2, 0.25) is 5.02 Å². The number of esters is 1. The summed E-state index contributed by atoms with van der Waals surface area (Å²) in [5.74, 6) is 1.70. The number of hydrogen-bond donors (Lipinski definition) is 1. The van der Waals surface area contributed by atoms with Crippen LogP contribution in [0.1, 0.15) is 31.0 Å². The minimum absolute atomic E-state index is 0.400. The van der Waals surface area contributed by atoms with Crippen molar-refractivity contribution in [2.24, 2.45) is 0 Å². The zero-order valence-electron chi connectivity index (χ0n) is 18.0. The smallest absolute Gasteiger partial charge is 0.338 e. The molecule has 2 aromatic carbocycles. The fourth-order valence-corrected chi connectivity index (χ4v) is 4.21. The van der Waals surface area contributed by atoms with Crippen LogP contribution < -0.4 is 10.1 Å². The van der Waals surface area contributed by atoms with E-state index in [1.807, 2.05) is 62.4 Å². The molecular formula is C23H23ClN4O3S. The lowest BCUT2D eigenvalue weighted by Gasteiger charge is -2.28. The van der Waals surface area contributed by atoms with Gasteiger partial charge in [-0.3, -0.25) is 0 Å². The number of nitrogens with zero attached hydrogens (tertiary/aromatic N) is 3. The van der Waals surface area contributed by atoms with E-state index in [1.54, 1.807) is 16.4 Å². The number of hydrogen-bond acceptors (Lipinski definition) is 7. The first kappa shape index (κ1) is 22.2. The first-order valence-corrected chi connectivity index (χ1v) is 11.5. The third kappa shape index (κ3) is 4.61. The highest BCUT2D eigenvalue weighted by molar-refractivity contribution is 7.99. The molecule has 0 fully saturated rings. The summed E-state index contributed by atoms with van der Waals surface area (Å²) in [5, 5.41) is 9.16. The molecule has 166 valence electrons. The van der Waals surface area contributed by atoms with Crippen molar-refractivity contribution < 1.29 is 14.3 Å². The first-order chi connectivity index (χ1) is 15.5. The van der Waals surface area contributed by atoms with Crippen LogP contribution in [0.15, 0.2) is 65.0 Å². The number of halogens is 1. The first-order valence-electron chi connectivity index (χ1n) is 10.1. The normalized spacial score (nSPS) is 15.2. The fraction of sp³-hybridized carbons (Fsp3) is 0.261. The Morgan fingerprint density at radius 3 is 2.75 bits per heavy atom. The average Bonchev–Trinajstić information content (AvgIpc) is 3.19. The maximum Gasteiger partial charge on any atom is 0.338 e. The number of anilines is 1. The Balaban J connectivity index is 1.68. The SMILES string of the molecule is CCSc1nc2n(n1)C(c1cccc(OCc3ccc(Cl)cc3)c1)C(C(=O)OC)=C(C)N2. The number of fused-ring (bicyclic) bond motifs is 1. The monoisotopic (exact) mass is 470 g/mol. The van der Waals surface area contributed by atoms with Crippen molar-refractivity contribution in [1.82, 2.24) is 14.8 Å². The molecule has 2 heterocycles. The van der Waals surface area contributed by atoms with Gasteiger partial charge >= 0.3 is 5.97 Å². The van der Waals surface area contributed by atoms with E-state index in [2.05, 4.69) is 15.4 Å². The molecule has 1 aliphatic rings. The van der Waals surface area contributed by atoms with Crippen LogP contribution in [0.3, 0.4) is 0 Å². The quantitative estimate of drug-likeness (QED) is 0.381. The van der Waals surface area contributed by atoms with Gasteiger partial charge in [0.15, 0.2) is 0 Å². The van der Waals surface area contributed by atoms with Gasteiger partial charge in [-0.15, -0.1) is 5.10 Å². The van der Waals surface area contributed by atoms with Gasteiger partial charge in [0.2, 0.25) is 11.1 Å². The van der Waals surface area contributed by atoms with Crippen molar-refractivity contribution in [3.05, 3.63) is 76.0 Å². The largest absolute Gasteiger partial charge is 0.489 e. The minimum Gasteiger partial charge on any atom is -0.489 e. The second-order valence-corrected chi connectivity index (χ2v) is 8.81.